The minimum Gasteiger partial charge on any atom is -0.494 e. The average molecular weight is 432 g/mol. The first kappa shape index (κ1) is 24.1. The van der Waals surface area contributed by atoms with E-state index >= 15 is 0 Å². The van der Waals surface area contributed by atoms with Crippen molar-refractivity contribution in [3.05, 3.63) is 69.5 Å². The molecule has 2 rings (SSSR count). The molecule has 0 fully saturated rings. The molecule has 168 valence electrons. The van der Waals surface area contributed by atoms with E-state index in [9.17, 15) is 14.5 Å². The number of aliphatic imine (C=N–C) groups is 1. The molecule has 0 aromatic heterocycles. The van der Waals surface area contributed by atoms with E-state index in [2.05, 4.69) is 15.6 Å². The van der Waals surface area contributed by atoms with E-state index < -0.39 is 10.7 Å². The van der Waals surface area contributed by atoms with Crippen molar-refractivity contribution in [3.63, 3.8) is 0 Å². The molecule has 8 nitrogen and oxygen atoms in total. The van der Waals surface area contributed by atoms with Crippen molar-refractivity contribution in [1.29, 1.82) is 0 Å². The van der Waals surface area contributed by atoms with Gasteiger partial charge in [-0.25, -0.2) is 9.38 Å². The number of halogens is 1. The lowest BCUT2D eigenvalue weighted by Gasteiger charge is -2.19. The Morgan fingerprint density at radius 1 is 1.26 bits per heavy atom. The van der Waals surface area contributed by atoms with E-state index in [0.717, 1.165) is 17.5 Å². The standard InChI is InChI=1S/C22H29FN4O4/c1-4-31-13-5-12-24-22(25-15-17-6-9-19(10-7-17)27(28)29)26-16(2)18-8-11-21(30-3)20(23)14-18/h6-11,14,16H,4-5,12-13,15H2,1-3H3,(H2,24,25,26). The van der Waals surface area contributed by atoms with E-state index in [4.69, 9.17) is 9.47 Å². The monoisotopic (exact) mass is 432 g/mol. The van der Waals surface area contributed by atoms with Crippen LogP contribution in [0, 0.1) is 15.9 Å². The fraction of sp³-hybridized carbons (Fsp3) is 0.409. The maximum atomic E-state index is 14.1. The first-order valence-electron chi connectivity index (χ1n) is 10.1. The van der Waals surface area contributed by atoms with Crippen LogP contribution in [-0.2, 0) is 11.3 Å². The Balaban J connectivity index is 2.08. The second-order valence-corrected chi connectivity index (χ2v) is 6.83. The zero-order valence-electron chi connectivity index (χ0n) is 18.1. The average Bonchev–Trinajstić information content (AvgIpc) is 2.77. The smallest absolute Gasteiger partial charge is 0.269 e. The van der Waals surface area contributed by atoms with Crippen LogP contribution in [0.1, 0.15) is 37.4 Å². The quantitative estimate of drug-likeness (QED) is 0.183. The van der Waals surface area contributed by atoms with Gasteiger partial charge in [-0.3, -0.25) is 10.1 Å². The Hall–Kier alpha value is -3.20. The van der Waals surface area contributed by atoms with Gasteiger partial charge in [-0.15, -0.1) is 0 Å². The van der Waals surface area contributed by atoms with Crippen molar-refractivity contribution in [3.8, 4) is 5.75 Å². The van der Waals surface area contributed by atoms with Crippen molar-refractivity contribution < 1.29 is 18.8 Å². The molecule has 0 spiro atoms. The van der Waals surface area contributed by atoms with Gasteiger partial charge in [0.25, 0.3) is 5.69 Å². The van der Waals surface area contributed by atoms with Crippen LogP contribution in [0.15, 0.2) is 47.5 Å². The largest absolute Gasteiger partial charge is 0.494 e. The summed E-state index contributed by atoms with van der Waals surface area (Å²) in [5.74, 6) is 0.318. The summed E-state index contributed by atoms with van der Waals surface area (Å²) in [5.41, 5.74) is 1.62. The van der Waals surface area contributed by atoms with Crippen molar-refractivity contribution in [2.45, 2.75) is 32.9 Å². The second-order valence-electron chi connectivity index (χ2n) is 6.83. The summed E-state index contributed by atoms with van der Waals surface area (Å²) in [6.45, 7) is 6.14. The number of hydrogen-bond donors (Lipinski definition) is 2. The third-order valence-corrected chi connectivity index (χ3v) is 4.56. The van der Waals surface area contributed by atoms with Crippen LogP contribution in [0.5, 0.6) is 5.75 Å². The summed E-state index contributed by atoms with van der Waals surface area (Å²) in [6.07, 6.45) is 0.803. The topological polar surface area (TPSA) is 98.0 Å². The van der Waals surface area contributed by atoms with Crippen LogP contribution >= 0.6 is 0 Å². The molecule has 0 aliphatic rings. The zero-order valence-corrected chi connectivity index (χ0v) is 18.1. The number of non-ortho nitro benzene ring substituents is 1. The van der Waals surface area contributed by atoms with Crippen LogP contribution in [0.2, 0.25) is 0 Å². The van der Waals surface area contributed by atoms with E-state index in [0.29, 0.717) is 32.3 Å². The minimum absolute atomic E-state index is 0.0373. The van der Waals surface area contributed by atoms with Crippen LogP contribution in [-0.4, -0.2) is 37.8 Å². The fourth-order valence-corrected chi connectivity index (χ4v) is 2.81. The third kappa shape index (κ3) is 7.86. The Labute approximate surface area is 181 Å². The number of hydrogen-bond acceptors (Lipinski definition) is 5. The van der Waals surface area contributed by atoms with E-state index in [1.165, 1.54) is 25.3 Å². The van der Waals surface area contributed by atoms with Gasteiger partial charge in [-0.05, 0) is 43.5 Å². The normalized spacial score (nSPS) is 12.3. The molecular weight excluding hydrogens is 403 g/mol. The molecule has 2 aromatic carbocycles. The lowest BCUT2D eigenvalue weighted by molar-refractivity contribution is -0.384. The predicted molar refractivity (Wildman–Crippen MR) is 118 cm³/mol. The van der Waals surface area contributed by atoms with Crippen LogP contribution in [0.3, 0.4) is 0 Å². The first-order chi connectivity index (χ1) is 14.9. The third-order valence-electron chi connectivity index (χ3n) is 4.56. The van der Waals surface area contributed by atoms with Gasteiger partial charge in [0.05, 0.1) is 24.6 Å². The molecule has 0 saturated heterocycles. The molecule has 9 heteroatoms. The lowest BCUT2D eigenvalue weighted by Crippen LogP contribution is -2.39. The molecule has 0 aliphatic carbocycles. The number of nitrogens with one attached hydrogen (secondary N) is 2. The number of rotatable bonds is 11. The van der Waals surface area contributed by atoms with Gasteiger partial charge < -0.3 is 20.1 Å². The van der Waals surface area contributed by atoms with Crippen LogP contribution in [0.4, 0.5) is 10.1 Å². The molecule has 0 radical (unpaired) electrons. The molecule has 0 heterocycles. The molecule has 0 aliphatic heterocycles. The van der Waals surface area contributed by atoms with E-state index in [1.807, 2.05) is 13.8 Å². The lowest BCUT2D eigenvalue weighted by atomic mass is 10.1. The Kier molecular flexibility index (Phi) is 9.70. The van der Waals surface area contributed by atoms with Gasteiger partial charge in [0.15, 0.2) is 17.5 Å². The van der Waals surface area contributed by atoms with Gasteiger partial charge in [0.1, 0.15) is 0 Å². The molecular formula is C22H29FN4O4. The fourth-order valence-electron chi connectivity index (χ4n) is 2.81. The minimum atomic E-state index is -0.435. The highest BCUT2D eigenvalue weighted by molar-refractivity contribution is 5.80. The number of ether oxygens (including phenoxy) is 2. The zero-order chi connectivity index (χ0) is 22.6. The van der Waals surface area contributed by atoms with Gasteiger partial charge >= 0.3 is 0 Å². The van der Waals surface area contributed by atoms with Gasteiger partial charge in [-0.1, -0.05) is 18.2 Å². The van der Waals surface area contributed by atoms with Gasteiger partial charge in [0.2, 0.25) is 0 Å². The molecule has 1 atom stereocenters. The summed E-state index contributed by atoms with van der Waals surface area (Å²) in [6, 6.07) is 10.9. The van der Waals surface area contributed by atoms with Crippen molar-refractivity contribution >= 4 is 11.6 Å². The Bertz CT molecular complexity index is 874. The highest BCUT2D eigenvalue weighted by Crippen LogP contribution is 2.21. The van der Waals surface area contributed by atoms with E-state index in [1.54, 1.807) is 24.3 Å². The van der Waals surface area contributed by atoms with E-state index in [-0.39, 0.29) is 17.5 Å². The SMILES string of the molecule is CCOCCCNC(=NCc1ccc([N+](=O)[O-])cc1)NC(C)c1ccc(OC)c(F)c1. The highest BCUT2D eigenvalue weighted by Gasteiger charge is 2.12. The number of nitro groups is 1. The van der Waals surface area contributed by atoms with Crippen molar-refractivity contribution in [2.24, 2.45) is 4.99 Å². The predicted octanol–water partition coefficient (Wildman–Crippen LogP) is 3.97. The number of benzene rings is 2. The number of nitrogens with zero attached hydrogens (tertiary/aromatic N) is 2. The van der Waals surface area contributed by atoms with Crippen molar-refractivity contribution in [1.82, 2.24) is 10.6 Å². The van der Waals surface area contributed by atoms with Gasteiger partial charge in [-0.2, -0.15) is 0 Å². The number of nitro benzene ring substituents is 1. The molecule has 0 bridgehead atoms. The summed E-state index contributed by atoms with van der Waals surface area (Å²) in [4.78, 5) is 14.9. The van der Waals surface area contributed by atoms with Crippen LogP contribution < -0.4 is 15.4 Å². The molecule has 31 heavy (non-hydrogen) atoms. The maximum Gasteiger partial charge on any atom is 0.269 e. The van der Waals surface area contributed by atoms with Crippen molar-refractivity contribution in [2.75, 3.05) is 26.9 Å². The first-order valence-corrected chi connectivity index (χ1v) is 10.1. The summed E-state index contributed by atoms with van der Waals surface area (Å²) in [5, 5.41) is 17.3. The summed E-state index contributed by atoms with van der Waals surface area (Å²) < 4.78 is 24.4. The second kappa shape index (κ2) is 12.5. The summed E-state index contributed by atoms with van der Waals surface area (Å²) in [7, 11) is 1.43. The molecule has 2 N–H and O–H groups in total. The maximum absolute atomic E-state index is 14.1. The Morgan fingerprint density at radius 3 is 2.61 bits per heavy atom. The molecule has 0 saturated carbocycles. The Morgan fingerprint density at radius 2 is 2.00 bits per heavy atom. The van der Waals surface area contributed by atoms with Crippen LogP contribution in [0.25, 0.3) is 0 Å². The number of guanidine groups is 1. The molecule has 1 unspecified atom stereocenters. The van der Waals surface area contributed by atoms with Gasteiger partial charge in [0, 0.05) is 31.9 Å². The highest BCUT2D eigenvalue weighted by atomic mass is 19.1. The molecule has 2 aromatic rings. The summed E-state index contributed by atoms with van der Waals surface area (Å²) >= 11 is 0. The number of methoxy groups -OCH3 is 1. The molecule has 0 amide bonds.